The summed E-state index contributed by atoms with van der Waals surface area (Å²) in [6.07, 6.45) is 0. The summed E-state index contributed by atoms with van der Waals surface area (Å²) in [5.74, 6) is 2.10. The molecule has 0 fully saturated rings. The van der Waals surface area contributed by atoms with E-state index in [1.807, 2.05) is 18.2 Å². The second-order valence-electron chi connectivity index (χ2n) is 7.17. The molecule has 0 saturated carbocycles. The number of aliphatic imine (C=N–C) groups is 1. The van der Waals surface area contributed by atoms with Gasteiger partial charge in [0.25, 0.3) is 0 Å². The van der Waals surface area contributed by atoms with Gasteiger partial charge in [-0.3, -0.25) is 4.90 Å². The number of nitrogens with zero attached hydrogens (tertiary/aromatic N) is 2. The summed E-state index contributed by atoms with van der Waals surface area (Å²) >= 11 is 0. The number of benzene rings is 2. The van der Waals surface area contributed by atoms with Crippen LogP contribution in [0.2, 0.25) is 0 Å². The Labute approximate surface area is 174 Å². The van der Waals surface area contributed by atoms with Crippen molar-refractivity contribution in [1.82, 2.24) is 10.2 Å². The van der Waals surface area contributed by atoms with Crippen LogP contribution in [-0.4, -0.2) is 44.7 Å². The van der Waals surface area contributed by atoms with Crippen molar-refractivity contribution in [3.05, 3.63) is 53.6 Å². The maximum absolute atomic E-state index is 5.39. The number of methoxy groups -OCH3 is 2. The van der Waals surface area contributed by atoms with E-state index in [4.69, 9.17) is 14.5 Å². The van der Waals surface area contributed by atoms with Gasteiger partial charge in [0.1, 0.15) is 0 Å². The smallest absolute Gasteiger partial charge is 0.196 e. The Balaban J connectivity index is 2.18. The number of hydrogen-bond donors (Lipinski definition) is 2. The van der Waals surface area contributed by atoms with Crippen LogP contribution in [0, 0.1) is 0 Å². The summed E-state index contributed by atoms with van der Waals surface area (Å²) in [7, 11) is 5.41. The molecule has 0 unspecified atom stereocenters. The third-order valence-corrected chi connectivity index (χ3v) is 4.82. The zero-order chi connectivity index (χ0) is 21.2. The van der Waals surface area contributed by atoms with Crippen molar-refractivity contribution in [3.63, 3.8) is 0 Å². The molecule has 0 atom stereocenters. The topological polar surface area (TPSA) is 58.1 Å². The Bertz CT molecular complexity index is 805. The summed E-state index contributed by atoms with van der Waals surface area (Å²) in [6, 6.07) is 14.7. The molecule has 0 heterocycles. The normalized spacial score (nSPS) is 11.7. The van der Waals surface area contributed by atoms with Crippen molar-refractivity contribution in [3.8, 4) is 11.5 Å². The highest BCUT2D eigenvalue weighted by atomic mass is 16.5. The number of nitrogens with one attached hydrogen (secondary N) is 2. The third-order valence-electron chi connectivity index (χ3n) is 4.82. The largest absolute Gasteiger partial charge is 0.493 e. The number of guanidine groups is 1. The lowest BCUT2D eigenvalue weighted by Gasteiger charge is -2.22. The standard InChI is InChI=1S/C23H34N4O2/c1-7-24-23(26-20-12-13-21(28-5)22(14-20)29-6)25-15-18-10-8-9-11-19(18)16-27(4)17(2)3/h8-14,17H,7,15-16H2,1-6H3,(H2,24,25,26). The van der Waals surface area contributed by atoms with Gasteiger partial charge in [0, 0.05) is 30.9 Å². The van der Waals surface area contributed by atoms with Gasteiger partial charge in [0.05, 0.1) is 20.8 Å². The van der Waals surface area contributed by atoms with E-state index in [-0.39, 0.29) is 0 Å². The van der Waals surface area contributed by atoms with E-state index in [0.717, 1.165) is 24.7 Å². The fourth-order valence-corrected chi connectivity index (χ4v) is 2.84. The monoisotopic (exact) mass is 398 g/mol. The van der Waals surface area contributed by atoms with E-state index >= 15 is 0 Å². The van der Waals surface area contributed by atoms with E-state index in [1.165, 1.54) is 11.1 Å². The molecule has 0 bridgehead atoms. The quantitative estimate of drug-likeness (QED) is 0.491. The average Bonchev–Trinajstić information content (AvgIpc) is 2.72. The molecule has 6 nitrogen and oxygen atoms in total. The van der Waals surface area contributed by atoms with Gasteiger partial charge in [-0.1, -0.05) is 24.3 Å². The molecule has 0 saturated heterocycles. The van der Waals surface area contributed by atoms with E-state index in [0.29, 0.717) is 24.1 Å². The number of rotatable bonds is 9. The van der Waals surface area contributed by atoms with E-state index in [2.05, 4.69) is 67.6 Å². The van der Waals surface area contributed by atoms with Crippen molar-refractivity contribution in [2.45, 2.75) is 39.9 Å². The lowest BCUT2D eigenvalue weighted by molar-refractivity contribution is 0.265. The van der Waals surface area contributed by atoms with Crippen LogP contribution in [-0.2, 0) is 13.1 Å². The first kappa shape index (κ1) is 22.6. The van der Waals surface area contributed by atoms with Gasteiger partial charge in [0.15, 0.2) is 17.5 Å². The van der Waals surface area contributed by atoms with Gasteiger partial charge < -0.3 is 20.1 Å². The molecule has 0 aliphatic carbocycles. The van der Waals surface area contributed by atoms with Crippen molar-refractivity contribution in [2.24, 2.45) is 4.99 Å². The summed E-state index contributed by atoms with van der Waals surface area (Å²) < 4.78 is 10.7. The Morgan fingerprint density at radius 3 is 2.34 bits per heavy atom. The van der Waals surface area contributed by atoms with Crippen LogP contribution >= 0.6 is 0 Å². The highest BCUT2D eigenvalue weighted by Crippen LogP contribution is 2.29. The minimum Gasteiger partial charge on any atom is -0.493 e. The molecule has 158 valence electrons. The van der Waals surface area contributed by atoms with Crippen LogP contribution in [0.4, 0.5) is 5.69 Å². The number of ether oxygens (including phenoxy) is 2. The Hall–Kier alpha value is -2.73. The Kier molecular flexibility index (Phi) is 8.80. The second-order valence-corrected chi connectivity index (χ2v) is 7.17. The minimum atomic E-state index is 0.496. The molecule has 0 aromatic heterocycles. The first-order chi connectivity index (χ1) is 14.0. The van der Waals surface area contributed by atoms with Crippen molar-refractivity contribution >= 4 is 11.6 Å². The maximum Gasteiger partial charge on any atom is 0.196 e. The van der Waals surface area contributed by atoms with Crippen molar-refractivity contribution in [2.75, 3.05) is 33.1 Å². The summed E-state index contributed by atoms with van der Waals surface area (Å²) in [5, 5.41) is 6.65. The molecule has 2 N–H and O–H groups in total. The average molecular weight is 399 g/mol. The fraction of sp³-hybridized carbons (Fsp3) is 0.435. The van der Waals surface area contributed by atoms with Crippen LogP contribution in [0.15, 0.2) is 47.5 Å². The molecule has 2 aromatic carbocycles. The SMILES string of the molecule is CCNC(=NCc1ccccc1CN(C)C(C)C)Nc1ccc(OC)c(OC)c1. The predicted molar refractivity (Wildman–Crippen MR) is 121 cm³/mol. The van der Waals surface area contributed by atoms with Gasteiger partial charge in [-0.15, -0.1) is 0 Å². The molecule has 6 heteroatoms. The molecule has 0 amide bonds. The lowest BCUT2D eigenvalue weighted by atomic mass is 10.1. The third kappa shape index (κ3) is 6.68. The van der Waals surface area contributed by atoms with Crippen molar-refractivity contribution in [1.29, 1.82) is 0 Å². The molecule has 0 spiro atoms. The number of anilines is 1. The van der Waals surface area contributed by atoms with Crippen LogP contribution in [0.25, 0.3) is 0 Å². The number of hydrogen-bond acceptors (Lipinski definition) is 4. The lowest BCUT2D eigenvalue weighted by Crippen LogP contribution is -2.30. The molecule has 2 rings (SSSR count). The second kappa shape index (κ2) is 11.3. The molecule has 2 aromatic rings. The van der Waals surface area contributed by atoms with Crippen LogP contribution in [0.5, 0.6) is 11.5 Å². The zero-order valence-corrected chi connectivity index (χ0v) is 18.5. The highest BCUT2D eigenvalue weighted by molar-refractivity contribution is 5.93. The molecule has 29 heavy (non-hydrogen) atoms. The van der Waals surface area contributed by atoms with Gasteiger partial charge in [-0.05, 0) is 51.1 Å². The fourth-order valence-electron chi connectivity index (χ4n) is 2.84. The van der Waals surface area contributed by atoms with Crippen molar-refractivity contribution < 1.29 is 9.47 Å². The van der Waals surface area contributed by atoms with Gasteiger partial charge in [0.2, 0.25) is 0 Å². The maximum atomic E-state index is 5.39. The summed E-state index contributed by atoms with van der Waals surface area (Å²) in [6.45, 7) is 8.75. The zero-order valence-electron chi connectivity index (χ0n) is 18.5. The molecule has 0 radical (unpaired) electrons. The molecular formula is C23H34N4O2. The Morgan fingerprint density at radius 1 is 1.03 bits per heavy atom. The Morgan fingerprint density at radius 2 is 1.72 bits per heavy atom. The van der Waals surface area contributed by atoms with E-state index < -0.39 is 0 Å². The van der Waals surface area contributed by atoms with Crippen LogP contribution < -0.4 is 20.1 Å². The van der Waals surface area contributed by atoms with E-state index in [9.17, 15) is 0 Å². The van der Waals surface area contributed by atoms with Crippen LogP contribution in [0.1, 0.15) is 31.9 Å². The summed E-state index contributed by atoms with van der Waals surface area (Å²) in [4.78, 5) is 7.12. The molecular weight excluding hydrogens is 364 g/mol. The first-order valence-electron chi connectivity index (χ1n) is 10.0. The first-order valence-corrected chi connectivity index (χ1v) is 10.0. The van der Waals surface area contributed by atoms with E-state index in [1.54, 1.807) is 14.2 Å². The highest BCUT2D eigenvalue weighted by Gasteiger charge is 2.09. The summed E-state index contributed by atoms with van der Waals surface area (Å²) in [5.41, 5.74) is 3.41. The predicted octanol–water partition coefficient (Wildman–Crippen LogP) is 4.12. The molecule has 0 aliphatic heterocycles. The van der Waals surface area contributed by atoms with Gasteiger partial charge >= 0.3 is 0 Å². The van der Waals surface area contributed by atoms with Gasteiger partial charge in [-0.2, -0.15) is 0 Å². The minimum absolute atomic E-state index is 0.496. The molecule has 0 aliphatic rings. The van der Waals surface area contributed by atoms with Gasteiger partial charge in [-0.25, -0.2) is 4.99 Å². The van der Waals surface area contributed by atoms with Crippen LogP contribution in [0.3, 0.4) is 0 Å².